The Bertz CT molecular complexity index is 475. The van der Waals surface area contributed by atoms with Gasteiger partial charge < -0.3 is 15.6 Å². The Kier molecular flexibility index (Phi) is 5.25. The van der Waals surface area contributed by atoms with E-state index in [-0.39, 0.29) is 18.7 Å². The Balaban J connectivity index is 3.01. The molecule has 1 aromatic rings. The molecule has 1 atom stereocenters. The smallest absolute Gasteiger partial charge is 0.306 e. The van der Waals surface area contributed by atoms with Gasteiger partial charge in [0, 0.05) is 6.07 Å². The molecular weight excluding hydrogens is 252 g/mol. The maximum atomic E-state index is 11.0. The van der Waals surface area contributed by atoms with Crippen LogP contribution in [0, 0.1) is 16.0 Å². The minimum absolute atomic E-state index is 0.119. The second-order valence-electron chi connectivity index (χ2n) is 4.11. The van der Waals surface area contributed by atoms with Crippen molar-refractivity contribution in [2.75, 3.05) is 13.7 Å². The third kappa shape index (κ3) is 4.22. The maximum Gasteiger partial charge on any atom is 0.306 e. The first-order valence-electron chi connectivity index (χ1n) is 5.73. The maximum absolute atomic E-state index is 11.0. The van der Waals surface area contributed by atoms with Crippen molar-refractivity contribution in [2.45, 2.75) is 12.8 Å². The predicted molar refractivity (Wildman–Crippen MR) is 68.1 cm³/mol. The number of hydrogen-bond acceptors (Lipinski definition) is 5. The van der Waals surface area contributed by atoms with Gasteiger partial charge in [-0.05, 0) is 31.0 Å². The van der Waals surface area contributed by atoms with Gasteiger partial charge in [-0.15, -0.1) is 0 Å². The summed E-state index contributed by atoms with van der Waals surface area (Å²) >= 11 is 0. The van der Waals surface area contributed by atoms with Crippen LogP contribution in [0.15, 0.2) is 18.2 Å². The number of carboxylic acid groups (broad SMARTS) is 1. The van der Waals surface area contributed by atoms with Crippen molar-refractivity contribution in [1.82, 2.24) is 0 Å². The van der Waals surface area contributed by atoms with Crippen LogP contribution in [0.3, 0.4) is 0 Å². The van der Waals surface area contributed by atoms with E-state index >= 15 is 0 Å². The number of benzene rings is 1. The van der Waals surface area contributed by atoms with E-state index in [0.29, 0.717) is 17.7 Å². The molecule has 7 nitrogen and oxygen atoms in total. The highest BCUT2D eigenvalue weighted by atomic mass is 16.6. The van der Waals surface area contributed by atoms with Crippen molar-refractivity contribution in [3.8, 4) is 5.75 Å². The van der Waals surface area contributed by atoms with E-state index in [9.17, 15) is 14.9 Å². The first kappa shape index (κ1) is 14.9. The van der Waals surface area contributed by atoms with E-state index in [1.165, 1.54) is 19.2 Å². The van der Waals surface area contributed by atoms with E-state index in [0.717, 1.165) is 0 Å². The quantitative estimate of drug-likeness (QED) is 0.567. The molecule has 0 heterocycles. The second kappa shape index (κ2) is 6.69. The van der Waals surface area contributed by atoms with Crippen LogP contribution in [0.4, 0.5) is 5.69 Å². The van der Waals surface area contributed by atoms with Crippen LogP contribution in [-0.4, -0.2) is 29.7 Å². The number of rotatable bonds is 7. The average Bonchev–Trinajstić information content (AvgIpc) is 2.37. The van der Waals surface area contributed by atoms with Gasteiger partial charge in [0.1, 0.15) is 5.75 Å². The van der Waals surface area contributed by atoms with Crippen molar-refractivity contribution >= 4 is 11.7 Å². The first-order valence-corrected chi connectivity index (χ1v) is 5.73. The van der Waals surface area contributed by atoms with Crippen molar-refractivity contribution in [3.63, 3.8) is 0 Å². The summed E-state index contributed by atoms with van der Waals surface area (Å²) in [4.78, 5) is 21.3. The standard InChI is InChI=1S/C12H16N2O5/c1-19-11-6-8(5-10(7-11)14(17)18)4-9(2-3-13)12(15)16/h5-7,9H,2-4,13H2,1H3,(H,15,16). The fourth-order valence-corrected chi connectivity index (χ4v) is 1.78. The molecule has 0 spiro atoms. The topological polar surface area (TPSA) is 116 Å². The normalized spacial score (nSPS) is 11.9. The summed E-state index contributed by atoms with van der Waals surface area (Å²) in [6, 6.07) is 4.25. The molecule has 0 aliphatic rings. The van der Waals surface area contributed by atoms with Crippen LogP contribution < -0.4 is 10.5 Å². The molecule has 1 aromatic carbocycles. The van der Waals surface area contributed by atoms with Crippen molar-refractivity contribution < 1.29 is 19.6 Å². The van der Waals surface area contributed by atoms with E-state index in [4.69, 9.17) is 15.6 Å². The molecule has 0 amide bonds. The monoisotopic (exact) mass is 268 g/mol. The van der Waals surface area contributed by atoms with Gasteiger partial charge in [0.15, 0.2) is 0 Å². The summed E-state index contributed by atoms with van der Waals surface area (Å²) in [5.74, 6) is -1.28. The fraction of sp³-hybridized carbons (Fsp3) is 0.417. The lowest BCUT2D eigenvalue weighted by Crippen LogP contribution is -2.20. The fourth-order valence-electron chi connectivity index (χ4n) is 1.78. The number of carbonyl (C=O) groups is 1. The number of nitro benzene ring substituents is 1. The summed E-state index contributed by atoms with van der Waals surface area (Å²) in [6.45, 7) is 0.253. The molecule has 19 heavy (non-hydrogen) atoms. The summed E-state index contributed by atoms with van der Waals surface area (Å²) in [5, 5.41) is 19.8. The Morgan fingerprint density at radius 1 is 1.53 bits per heavy atom. The van der Waals surface area contributed by atoms with Crippen LogP contribution in [0.5, 0.6) is 5.75 Å². The lowest BCUT2D eigenvalue weighted by atomic mass is 9.96. The molecule has 0 aliphatic carbocycles. The largest absolute Gasteiger partial charge is 0.496 e. The Hall–Kier alpha value is -2.15. The van der Waals surface area contributed by atoms with Crippen LogP contribution in [0.2, 0.25) is 0 Å². The third-order valence-corrected chi connectivity index (χ3v) is 2.74. The van der Waals surface area contributed by atoms with Crippen molar-refractivity contribution in [3.05, 3.63) is 33.9 Å². The van der Waals surface area contributed by atoms with Gasteiger partial charge in [0.25, 0.3) is 5.69 Å². The van der Waals surface area contributed by atoms with Gasteiger partial charge in [-0.3, -0.25) is 14.9 Å². The van der Waals surface area contributed by atoms with Crippen molar-refractivity contribution in [2.24, 2.45) is 11.7 Å². The van der Waals surface area contributed by atoms with Gasteiger partial charge in [-0.1, -0.05) is 0 Å². The van der Waals surface area contributed by atoms with E-state index in [1.807, 2.05) is 0 Å². The number of hydrogen-bond donors (Lipinski definition) is 2. The molecule has 0 aliphatic heterocycles. The molecule has 3 N–H and O–H groups in total. The summed E-state index contributed by atoms with van der Waals surface area (Å²) in [7, 11) is 1.40. The van der Waals surface area contributed by atoms with E-state index in [1.54, 1.807) is 6.07 Å². The van der Waals surface area contributed by atoms with E-state index in [2.05, 4.69) is 0 Å². The lowest BCUT2D eigenvalue weighted by molar-refractivity contribution is -0.385. The van der Waals surface area contributed by atoms with E-state index < -0.39 is 16.8 Å². The zero-order valence-corrected chi connectivity index (χ0v) is 10.5. The van der Waals surface area contributed by atoms with Gasteiger partial charge in [-0.25, -0.2) is 0 Å². The Labute approximate surface area is 110 Å². The molecule has 7 heteroatoms. The Morgan fingerprint density at radius 3 is 2.68 bits per heavy atom. The van der Waals surface area contributed by atoms with Crippen LogP contribution in [0.1, 0.15) is 12.0 Å². The minimum atomic E-state index is -0.962. The van der Waals surface area contributed by atoms with Crippen LogP contribution >= 0.6 is 0 Å². The molecule has 1 rings (SSSR count). The summed E-state index contributed by atoms with van der Waals surface area (Å²) < 4.78 is 4.97. The van der Waals surface area contributed by atoms with Crippen LogP contribution in [-0.2, 0) is 11.2 Å². The zero-order valence-electron chi connectivity index (χ0n) is 10.5. The summed E-state index contributed by atoms with van der Waals surface area (Å²) in [6.07, 6.45) is 0.505. The lowest BCUT2D eigenvalue weighted by Gasteiger charge is -2.11. The number of nitro groups is 1. The number of carboxylic acids is 1. The number of nitrogens with two attached hydrogens (primary N) is 1. The molecule has 0 fully saturated rings. The zero-order chi connectivity index (χ0) is 14.4. The first-order chi connectivity index (χ1) is 8.97. The van der Waals surface area contributed by atoms with Gasteiger partial charge in [0.2, 0.25) is 0 Å². The number of ether oxygens (including phenoxy) is 1. The highest BCUT2D eigenvalue weighted by molar-refractivity contribution is 5.70. The molecule has 0 radical (unpaired) electrons. The molecule has 0 aromatic heterocycles. The second-order valence-corrected chi connectivity index (χ2v) is 4.11. The molecule has 0 bridgehead atoms. The molecule has 0 saturated heterocycles. The van der Waals surface area contributed by atoms with Crippen LogP contribution in [0.25, 0.3) is 0 Å². The number of nitrogens with zero attached hydrogens (tertiary/aromatic N) is 1. The van der Waals surface area contributed by atoms with Gasteiger partial charge in [0.05, 0.1) is 24.0 Å². The molecule has 104 valence electrons. The highest BCUT2D eigenvalue weighted by Gasteiger charge is 2.19. The molecular formula is C12H16N2O5. The highest BCUT2D eigenvalue weighted by Crippen LogP contribution is 2.25. The molecule has 1 unspecified atom stereocenters. The van der Waals surface area contributed by atoms with Crippen molar-refractivity contribution in [1.29, 1.82) is 0 Å². The predicted octanol–water partition coefficient (Wildman–Crippen LogP) is 1.20. The number of non-ortho nitro benzene ring substituents is 1. The molecule has 0 saturated carbocycles. The SMILES string of the molecule is COc1cc(CC(CCN)C(=O)O)cc([N+](=O)[O-])c1. The number of aliphatic carboxylic acids is 1. The van der Waals surface area contributed by atoms with Gasteiger partial charge in [-0.2, -0.15) is 0 Å². The average molecular weight is 268 g/mol. The van der Waals surface area contributed by atoms with Gasteiger partial charge >= 0.3 is 5.97 Å². The third-order valence-electron chi connectivity index (χ3n) is 2.74. The Morgan fingerprint density at radius 2 is 2.21 bits per heavy atom. The minimum Gasteiger partial charge on any atom is -0.496 e. The summed E-state index contributed by atoms with van der Waals surface area (Å²) in [5.41, 5.74) is 5.79. The number of methoxy groups -OCH3 is 1.